The van der Waals surface area contributed by atoms with Crippen LogP contribution in [-0.2, 0) is 16.4 Å². The number of anilines is 2. The largest absolute Gasteiger partial charge is 0.493 e. The summed E-state index contributed by atoms with van der Waals surface area (Å²) in [5.74, 6) is -0.573. The predicted molar refractivity (Wildman–Crippen MR) is 139 cm³/mol. The van der Waals surface area contributed by atoms with E-state index in [4.69, 9.17) is 19.4 Å². The average Bonchev–Trinajstić information content (AvgIpc) is 2.88. The number of piperidine rings is 1. The number of hydrogen-bond donors (Lipinski definition) is 1. The van der Waals surface area contributed by atoms with Gasteiger partial charge in [-0.25, -0.2) is 22.2 Å². The smallest absolute Gasteiger partial charge is 0.251 e. The second-order valence-electron chi connectivity index (χ2n) is 9.58. The molecule has 2 aromatic carbocycles. The SMILES string of the molecule is COc1cc2c(NC3CCS(=O)(=O)CC3)nc(N3CCC(F)(F)CC3)nc2cc1OCc1ccccc1. The molecule has 3 aromatic rings. The lowest BCUT2D eigenvalue weighted by molar-refractivity contribution is -0.0222. The maximum Gasteiger partial charge on any atom is 0.251 e. The molecule has 2 aliphatic rings. The lowest BCUT2D eigenvalue weighted by Crippen LogP contribution is -2.40. The molecule has 0 radical (unpaired) electrons. The fourth-order valence-electron chi connectivity index (χ4n) is 4.65. The molecule has 0 aliphatic carbocycles. The van der Waals surface area contributed by atoms with Gasteiger partial charge in [-0.2, -0.15) is 4.98 Å². The molecule has 198 valence electrons. The lowest BCUT2D eigenvalue weighted by Gasteiger charge is -2.32. The Morgan fingerprint density at radius 3 is 2.43 bits per heavy atom. The van der Waals surface area contributed by atoms with Crippen LogP contribution in [0.1, 0.15) is 31.2 Å². The molecule has 0 saturated carbocycles. The van der Waals surface area contributed by atoms with Gasteiger partial charge in [0.05, 0.1) is 24.1 Å². The van der Waals surface area contributed by atoms with Crippen LogP contribution in [0.25, 0.3) is 10.9 Å². The lowest BCUT2D eigenvalue weighted by atomic mass is 10.1. The van der Waals surface area contributed by atoms with Gasteiger partial charge in [0.25, 0.3) is 5.92 Å². The van der Waals surface area contributed by atoms with Crippen LogP contribution in [0.15, 0.2) is 42.5 Å². The minimum Gasteiger partial charge on any atom is -0.493 e. The summed E-state index contributed by atoms with van der Waals surface area (Å²) in [5, 5.41) is 4.08. The summed E-state index contributed by atoms with van der Waals surface area (Å²) in [6, 6.07) is 13.2. The normalized spacial score (nSPS) is 19.5. The number of ether oxygens (including phenoxy) is 2. The number of aromatic nitrogens is 2. The molecule has 5 rings (SSSR count). The van der Waals surface area contributed by atoms with E-state index in [9.17, 15) is 17.2 Å². The number of sulfone groups is 1. The summed E-state index contributed by atoms with van der Waals surface area (Å²) < 4.78 is 63.1. The Morgan fingerprint density at radius 1 is 1.05 bits per heavy atom. The molecule has 0 unspecified atom stereocenters. The van der Waals surface area contributed by atoms with Crippen molar-refractivity contribution in [2.24, 2.45) is 0 Å². The van der Waals surface area contributed by atoms with Crippen LogP contribution in [-0.4, -0.2) is 62.1 Å². The first kappa shape index (κ1) is 25.4. The first-order chi connectivity index (χ1) is 17.7. The standard InChI is InChI=1S/C26H30F2N4O4S/c1-35-22-15-20-21(16-23(22)36-17-18-5-3-2-4-6-18)30-25(32-11-9-26(27,28)10-12-32)31-24(20)29-19-7-13-37(33,34)14-8-19/h2-6,15-16,19H,7-14,17H2,1H3,(H,29,30,31). The van der Waals surface area contributed by atoms with Crippen molar-refractivity contribution in [3.63, 3.8) is 0 Å². The van der Waals surface area contributed by atoms with Crippen molar-refractivity contribution < 1.29 is 26.7 Å². The van der Waals surface area contributed by atoms with Gasteiger partial charge in [0.1, 0.15) is 22.3 Å². The minimum absolute atomic E-state index is 0.0832. The number of methoxy groups -OCH3 is 1. The first-order valence-electron chi connectivity index (χ1n) is 12.4. The number of hydrogen-bond acceptors (Lipinski definition) is 8. The molecule has 0 bridgehead atoms. The molecule has 1 N–H and O–H groups in total. The van der Waals surface area contributed by atoms with Crippen molar-refractivity contribution in [2.45, 2.75) is 44.3 Å². The van der Waals surface area contributed by atoms with Crippen LogP contribution in [0.4, 0.5) is 20.5 Å². The van der Waals surface area contributed by atoms with E-state index in [2.05, 4.69) is 5.32 Å². The number of alkyl halides is 2. The summed E-state index contributed by atoms with van der Waals surface area (Å²) in [7, 11) is -1.47. The third kappa shape index (κ3) is 6.03. The molecule has 2 saturated heterocycles. The van der Waals surface area contributed by atoms with Gasteiger partial charge in [0.15, 0.2) is 11.5 Å². The molecule has 2 aliphatic heterocycles. The number of benzene rings is 2. The topological polar surface area (TPSA) is 93.6 Å². The van der Waals surface area contributed by atoms with E-state index in [-0.39, 0.29) is 43.5 Å². The van der Waals surface area contributed by atoms with Crippen molar-refractivity contribution >= 4 is 32.5 Å². The highest BCUT2D eigenvalue weighted by molar-refractivity contribution is 7.91. The van der Waals surface area contributed by atoms with Crippen molar-refractivity contribution in [2.75, 3.05) is 41.9 Å². The van der Waals surface area contributed by atoms with E-state index in [1.54, 1.807) is 24.1 Å². The molecular weight excluding hydrogens is 502 g/mol. The Morgan fingerprint density at radius 2 is 1.76 bits per heavy atom. The molecule has 1 aromatic heterocycles. The van der Waals surface area contributed by atoms with Gasteiger partial charge in [-0.15, -0.1) is 0 Å². The van der Waals surface area contributed by atoms with Gasteiger partial charge >= 0.3 is 0 Å². The monoisotopic (exact) mass is 532 g/mol. The van der Waals surface area contributed by atoms with E-state index in [0.29, 0.717) is 53.6 Å². The zero-order chi connectivity index (χ0) is 26.0. The molecule has 0 amide bonds. The van der Waals surface area contributed by atoms with Crippen LogP contribution in [0.3, 0.4) is 0 Å². The quantitative estimate of drug-likeness (QED) is 0.477. The zero-order valence-electron chi connectivity index (χ0n) is 20.6. The molecule has 0 spiro atoms. The minimum atomic E-state index is -3.02. The maximum absolute atomic E-state index is 13.8. The second-order valence-corrected chi connectivity index (χ2v) is 11.9. The van der Waals surface area contributed by atoms with E-state index < -0.39 is 15.8 Å². The molecule has 11 heteroatoms. The van der Waals surface area contributed by atoms with Crippen LogP contribution >= 0.6 is 0 Å². The van der Waals surface area contributed by atoms with Gasteiger partial charge in [-0.1, -0.05) is 30.3 Å². The number of nitrogens with zero attached hydrogens (tertiary/aromatic N) is 3. The number of rotatable bonds is 7. The summed E-state index contributed by atoms with van der Waals surface area (Å²) in [4.78, 5) is 11.2. The van der Waals surface area contributed by atoms with Gasteiger partial charge < -0.3 is 19.7 Å². The third-order valence-corrected chi connectivity index (χ3v) is 8.60. The van der Waals surface area contributed by atoms with E-state index in [1.165, 1.54) is 0 Å². The number of fused-ring (bicyclic) bond motifs is 1. The van der Waals surface area contributed by atoms with Gasteiger partial charge in [-0.05, 0) is 24.5 Å². The van der Waals surface area contributed by atoms with Gasteiger partial charge in [0, 0.05) is 43.4 Å². The number of halogens is 2. The Balaban J connectivity index is 1.50. The Hall–Kier alpha value is -3.21. The molecular formula is C26H30F2N4O4S. The van der Waals surface area contributed by atoms with Crippen molar-refractivity contribution in [1.82, 2.24) is 9.97 Å². The first-order valence-corrected chi connectivity index (χ1v) is 14.2. The Labute approximate surface area is 214 Å². The van der Waals surface area contributed by atoms with E-state index in [1.807, 2.05) is 30.3 Å². The summed E-state index contributed by atoms with van der Waals surface area (Å²) in [5.41, 5.74) is 1.58. The molecule has 2 fully saturated rings. The van der Waals surface area contributed by atoms with E-state index >= 15 is 0 Å². The van der Waals surface area contributed by atoms with Crippen LogP contribution in [0.2, 0.25) is 0 Å². The fraction of sp³-hybridized carbons (Fsp3) is 0.462. The maximum atomic E-state index is 13.8. The summed E-state index contributed by atoms with van der Waals surface area (Å²) >= 11 is 0. The average molecular weight is 533 g/mol. The summed E-state index contributed by atoms with van der Waals surface area (Å²) in [6.45, 7) is 0.629. The van der Waals surface area contributed by atoms with Crippen molar-refractivity contribution in [1.29, 1.82) is 0 Å². The molecule has 37 heavy (non-hydrogen) atoms. The van der Waals surface area contributed by atoms with Gasteiger partial charge in [-0.3, -0.25) is 0 Å². The molecule has 8 nitrogen and oxygen atoms in total. The summed E-state index contributed by atoms with van der Waals surface area (Å²) in [6.07, 6.45) is 0.417. The van der Waals surface area contributed by atoms with Crippen LogP contribution < -0.4 is 19.7 Å². The molecule has 3 heterocycles. The van der Waals surface area contributed by atoms with Crippen LogP contribution in [0, 0.1) is 0 Å². The van der Waals surface area contributed by atoms with Crippen molar-refractivity contribution in [3.8, 4) is 11.5 Å². The third-order valence-electron chi connectivity index (χ3n) is 6.88. The molecule has 0 atom stereocenters. The highest BCUT2D eigenvalue weighted by atomic mass is 32.2. The Bertz CT molecular complexity index is 1350. The second kappa shape index (κ2) is 10.3. The highest BCUT2D eigenvalue weighted by Crippen LogP contribution is 2.37. The zero-order valence-corrected chi connectivity index (χ0v) is 21.4. The number of nitrogens with one attached hydrogen (secondary N) is 1. The van der Waals surface area contributed by atoms with Crippen LogP contribution in [0.5, 0.6) is 11.5 Å². The van der Waals surface area contributed by atoms with Crippen molar-refractivity contribution in [3.05, 3.63) is 48.0 Å². The van der Waals surface area contributed by atoms with Gasteiger partial charge in [0.2, 0.25) is 5.95 Å². The highest BCUT2D eigenvalue weighted by Gasteiger charge is 2.35. The fourth-order valence-corrected chi connectivity index (χ4v) is 6.14. The van der Waals surface area contributed by atoms with E-state index in [0.717, 1.165) is 5.56 Å². The Kier molecular flexibility index (Phi) is 7.06. The predicted octanol–water partition coefficient (Wildman–Crippen LogP) is 4.44.